The summed E-state index contributed by atoms with van der Waals surface area (Å²) in [7, 11) is -3.44. The largest absolute Gasteiger partial charge is 0.379 e. The molecule has 1 fully saturated rings. The van der Waals surface area contributed by atoms with Crippen molar-refractivity contribution < 1.29 is 13.2 Å². The Morgan fingerprint density at radius 1 is 1.17 bits per heavy atom. The lowest BCUT2D eigenvalue weighted by molar-refractivity contribution is 0.0730. The molecule has 0 radical (unpaired) electrons. The number of morpholine rings is 1. The van der Waals surface area contributed by atoms with Crippen molar-refractivity contribution in [3.63, 3.8) is 0 Å². The second-order valence-corrected chi connectivity index (χ2v) is 7.60. The van der Waals surface area contributed by atoms with Crippen LogP contribution in [0.15, 0.2) is 47.5 Å². The van der Waals surface area contributed by atoms with E-state index in [2.05, 4.69) is 10.3 Å². The molecular weight excluding hydrogens is 326 g/mol. The summed E-state index contributed by atoms with van der Waals surface area (Å²) in [5.41, 5.74) is 2.96. The van der Waals surface area contributed by atoms with Crippen LogP contribution in [0, 0.1) is 6.92 Å². The standard InChI is InChI=1S/C17H21N3O3S/c1-14-3-2-8-18-17(14)13-19-15-4-6-16(7-5-15)24(21,22)20-9-11-23-12-10-20/h2-8,19H,9-13H2,1H3. The van der Waals surface area contributed by atoms with E-state index in [4.69, 9.17) is 4.74 Å². The predicted octanol–water partition coefficient (Wildman–Crippen LogP) is 2.02. The van der Waals surface area contributed by atoms with Crippen molar-refractivity contribution in [2.75, 3.05) is 31.6 Å². The molecule has 0 unspecified atom stereocenters. The second kappa shape index (κ2) is 7.29. The van der Waals surface area contributed by atoms with Gasteiger partial charge in [-0.1, -0.05) is 6.07 Å². The molecule has 1 aromatic carbocycles. The van der Waals surface area contributed by atoms with Crippen LogP contribution in [-0.2, 0) is 21.3 Å². The van der Waals surface area contributed by atoms with Crippen molar-refractivity contribution in [1.82, 2.24) is 9.29 Å². The highest BCUT2D eigenvalue weighted by atomic mass is 32.2. The van der Waals surface area contributed by atoms with E-state index in [-0.39, 0.29) is 0 Å². The van der Waals surface area contributed by atoms with Crippen molar-refractivity contribution >= 4 is 15.7 Å². The molecule has 0 aliphatic carbocycles. The molecule has 3 rings (SSSR count). The minimum Gasteiger partial charge on any atom is -0.379 e. The summed E-state index contributed by atoms with van der Waals surface area (Å²) in [4.78, 5) is 4.64. The van der Waals surface area contributed by atoms with Crippen LogP contribution in [0.25, 0.3) is 0 Å². The average Bonchev–Trinajstić information content (AvgIpc) is 2.62. The lowest BCUT2D eigenvalue weighted by Crippen LogP contribution is -2.40. The summed E-state index contributed by atoms with van der Waals surface area (Å²) in [5, 5.41) is 3.27. The van der Waals surface area contributed by atoms with Crippen LogP contribution in [0.1, 0.15) is 11.3 Å². The van der Waals surface area contributed by atoms with Crippen LogP contribution in [0.4, 0.5) is 5.69 Å². The molecule has 0 atom stereocenters. The molecule has 0 spiro atoms. The van der Waals surface area contributed by atoms with Crippen molar-refractivity contribution in [3.8, 4) is 0 Å². The van der Waals surface area contributed by atoms with E-state index in [1.165, 1.54) is 4.31 Å². The maximum absolute atomic E-state index is 12.6. The van der Waals surface area contributed by atoms with Gasteiger partial charge in [0.05, 0.1) is 30.3 Å². The number of ether oxygens (including phenoxy) is 1. The lowest BCUT2D eigenvalue weighted by Gasteiger charge is -2.26. The van der Waals surface area contributed by atoms with E-state index >= 15 is 0 Å². The Hall–Kier alpha value is -1.96. The Kier molecular flexibility index (Phi) is 5.13. The number of pyridine rings is 1. The maximum atomic E-state index is 12.6. The topological polar surface area (TPSA) is 71.5 Å². The first-order valence-corrected chi connectivity index (χ1v) is 9.34. The number of anilines is 1. The van der Waals surface area contributed by atoms with E-state index in [1.54, 1.807) is 30.5 Å². The van der Waals surface area contributed by atoms with Crippen LogP contribution >= 0.6 is 0 Å². The molecule has 128 valence electrons. The highest BCUT2D eigenvalue weighted by Gasteiger charge is 2.25. The van der Waals surface area contributed by atoms with Gasteiger partial charge in [-0.3, -0.25) is 4.98 Å². The fraction of sp³-hybridized carbons (Fsp3) is 0.353. The third kappa shape index (κ3) is 3.75. The van der Waals surface area contributed by atoms with Crippen LogP contribution < -0.4 is 5.32 Å². The van der Waals surface area contributed by atoms with Crippen LogP contribution in [0.3, 0.4) is 0 Å². The Morgan fingerprint density at radius 2 is 1.88 bits per heavy atom. The second-order valence-electron chi connectivity index (χ2n) is 5.66. The van der Waals surface area contributed by atoms with Gasteiger partial charge in [0.15, 0.2) is 0 Å². The molecule has 7 heteroatoms. The van der Waals surface area contributed by atoms with Gasteiger partial charge in [-0.25, -0.2) is 8.42 Å². The van der Waals surface area contributed by atoms with E-state index < -0.39 is 10.0 Å². The van der Waals surface area contributed by atoms with E-state index in [1.807, 2.05) is 19.1 Å². The first-order valence-electron chi connectivity index (χ1n) is 7.90. The zero-order valence-corrected chi connectivity index (χ0v) is 14.4. The van der Waals surface area contributed by atoms with E-state index in [0.717, 1.165) is 16.9 Å². The van der Waals surface area contributed by atoms with Crippen molar-refractivity contribution in [2.45, 2.75) is 18.4 Å². The summed E-state index contributed by atoms with van der Waals surface area (Å²) in [6, 6.07) is 10.8. The lowest BCUT2D eigenvalue weighted by atomic mass is 10.2. The number of benzene rings is 1. The van der Waals surface area contributed by atoms with Gasteiger partial charge < -0.3 is 10.1 Å². The number of aromatic nitrogens is 1. The van der Waals surface area contributed by atoms with Gasteiger partial charge in [0.1, 0.15) is 0 Å². The van der Waals surface area contributed by atoms with Crippen LogP contribution in [0.2, 0.25) is 0 Å². The Morgan fingerprint density at radius 3 is 2.54 bits per heavy atom. The number of aryl methyl sites for hydroxylation is 1. The minimum atomic E-state index is -3.44. The minimum absolute atomic E-state index is 0.309. The Balaban J connectivity index is 1.68. The van der Waals surface area contributed by atoms with E-state index in [9.17, 15) is 8.42 Å². The molecule has 1 aliphatic rings. The third-order valence-corrected chi connectivity index (χ3v) is 5.95. The number of rotatable bonds is 5. The van der Waals surface area contributed by atoms with Gasteiger partial charge in [0.25, 0.3) is 0 Å². The smallest absolute Gasteiger partial charge is 0.243 e. The number of nitrogens with one attached hydrogen (secondary N) is 1. The predicted molar refractivity (Wildman–Crippen MR) is 92.3 cm³/mol. The van der Waals surface area contributed by atoms with E-state index in [0.29, 0.717) is 37.7 Å². The molecule has 24 heavy (non-hydrogen) atoms. The SMILES string of the molecule is Cc1cccnc1CNc1ccc(S(=O)(=O)N2CCOCC2)cc1. The zero-order valence-electron chi connectivity index (χ0n) is 13.6. The highest BCUT2D eigenvalue weighted by Crippen LogP contribution is 2.20. The van der Waals surface area contributed by atoms with Gasteiger partial charge >= 0.3 is 0 Å². The van der Waals surface area contributed by atoms with Crippen molar-refractivity contribution in [3.05, 3.63) is 53.9 Å². The number of sulfonamides is 1. The molecule has 2 heterocycles. The zero-order chi connectivity index (χ0) is 17.0. The molecule has 1 aliphatic heterocycles. The molecular formula is C17H21N3O3S. The highest BCUT2D eigenvalue weighted by molar-refractivity contribution is 7.89. The van der Waals surface area contributed by atoms with Gasteiger partial charge in [-0.2, -0.15) is 4.31 Å². The molecule has 2 aromatic rings. The summed E-state index contributed by atoms with van der Waals surface area (Å²) in [6.45, 7) is 4.32. The molecule has 0 saturated carbocycles. The van der Waals surface area contributed by atoms with Gasteiger partial charge in [-0.15, -0.1) is 0 Å². The first kappa shape index (κ1) is 16.9. The van der Waals surface area contributed by atoms with Crippen LogP contribution in [0.5, 0.6) is 0 Å². The number of hydrogen-bond acceptors (Lipinski definition) is 5. The molecule has 0 amide bonds. The van der Waals surface area contributed by atoms with Crippen molar-refractivity contribution in [2.24, 2.45) is 0 Å². The Labute approximate surface area is 142 Å². The molecule has 0 bridgehead atoms. The Bertz CT molecular complexity index is 785. The fourth-order valence-electron chi connectivity index (χ4n) is 2.57. The average molecular weight is 347 g/mol. The monoisotopic (exact) mass is 347 g/mol. The molecule has 6 nitrogen and oxygen atoms in total. The van der Waals surface area contributed by atoms with Crippen molar-refractivity contribution in [1.29, 1.82) is 0 Å². The number of nitrogens with zero attached hydrogens (tertiary/aromatic N) is 2. The summed E-state index contributed by atoms with van der Waals surface area (Å²) < 4.78 is 31.8. The van der Waals surface area contributed by atoms with Crippen LogP contribution in [-0.4, -0.2) is 44.0 Å². The maximum Gasteiger partial charge on any atom is 0.243 e. The summed E-state index contributed by atoms with van der Waals surface area (Å²) >= 11 is 0. The summed E-state index contributed by atoms with van der Waals surface area (Å²) in [5.74, 6) is 0. The molecule has 1 saturated heterocycles. The normalized spacial score (nSPS) is 16.0. The molecule has 1 N–H and O–H groups in total. The van der Waals surface area contributed by atoms with Gasteiger partial charge in [0, 0.05) is 25.0 Å². The quantitative estimate of drug-likeness (QED) is 0.896. The van der Waals surface area contributed by atoms with Gasteiger partial charge in [0.2, 0.25) is 10.0 Å². The third-order valence-electron chi connectivity index (χ3n) is 4.04. The van der Waals surface area contributed by atoms with Gasteiger partial charge in [-0.05, 0) is 42.8 Å². The summed E-state index contributed by atoms with van der Waals surface area (Å²) in [6.07, 6.45) is 1.77. The fourth-order valence-corrected chi connectivity index (χ4v) is 3.98. The number of hydrogen-bond donors (Lipinski definition) is 1. The molecule has 1 aromatic heterocycles. The first-order chi connectivity index (χ1) is 11.6.